The normalized spacial score (nSPS) is 15.3. The van der Waals surface area contributed by atoms with E-state index in [1.807, 2.05) is 53.4 Å². The fourth-order valence-electron chi connectivity index (χ4n) is 5.97. The molecule has 2 heterocycles. The van der Waals surface area contributed by atoms with Gasteiger partial charge >= 0.3 is 6.09 Å². The highest BCUT2D eigenvalue weighted by Crippen LogP contribution is 2.40. The highest BCUT2D eigenvalue weighted by molar-refractivity contribution is 6.08. The Labute approximate surface area is 264 Å². The van der Waals surface area contributed by atoms with Crippen LogP contribution in [0.1, 0.15) is 63.0 Å². The summed E-state index contributed by atoms with van der Waals surface area (Å²) in [6.07, 6.45) is 5.70. The van der Waals surface area contributed by atoms with Crippen LogP contribution in [0.5, 0.6) is 5.75 Å². The molecule has 4 aromatic rings. The predicted octanol–water partition coefficient (Wildman–Crippen LogP) is 6.01. The van der Waals surface area contributed by atoms with Crippen molar-refractivity contribution >= 4 is 17.8 Å². The van der Waals surface area contributed by atoms with Crippen LogP contribution in [-0.2, 0) is 22.8 Å². The number of aromatic nitrogens is 4. The molecule has 1 aliphatic carbocycles. The van der Waals surface area contributed by atoms with Gasteiger partial charge in [0.1, 0.15) is 23.7 Å². The number of hydrogen-bond donors (Lipinski definition) is 0. The lowest BCUT2D eigenvalue weighted by atomic mass is 9.97. The van der Waals surface area contributed by atoms with Crippen molar-refractivity contribution in [2.75, 3.05) is 0 Å². The van der Waals surface area contributed by atoms with Crippen molar-refractivity contribution in [3.63, 3.8) is 0 Å². The van der Waals surface area contributed by atoms with E-state index in [0.29, 0.717) is 17.7 Å². The van der Waals surface area contributed by atoms with Crippen LogP contribution in [0.4, 0.5) is 4.79 Å². The van der Waals surface area contributed by atoms with E-state index in [2.05, 4.69) is 27.2 Å². The number of rotatable bonds is 11. The van der Waals surface area contributed by atoms with Gasteiger partial charge in [-0.2, -0.15) is 0 Å². The molecule has 46 heavy (non-hydrogen) atoms. The molecule has 1 aliphatic heterocycles. The van der Waals surface area contributed by atoms with Crippen LogP contribution in [0.3, 0.4) is 0 Å². The number of unbranched alkanes of at least 4 members (excludes halogenated alkanes) is 1. The number of amides is 1. The standard InChI is InChI=1S/C33H33N7O6/c1-2-3-13-29-34-33(18-6-7-19-33)31(41)38(29)21-23-14-16-25(17-15-23)27-11-4-5-12-28(27)30-35-37-39(36-30)32(42)46-26-10-8-9-24(20-26)22-45-40(43)44/h4-5,8-12,14-17,20H,2-3,6-7,13,18-19,21-22H2,1H3. The third-order valence-electron chi connectivity index (χ3n) is 8.27. The number of nitrogens with zero attached hydrogens (tertiary/aromatic N) is 7. The van der Waals surface area contributed by atoms with Crippen molar-refractivity contribution in [2.45, 2.75) is 70.6 Å². The zero-order valence-corrected chi connectivity index (χ0v) is 25.4. The Hall–Kier alpha value is -5.46. The average Bonchev–Trinajstić information content (AvgIpc) is 3.81. The summed E-state index contributed by atoms with van der Waals surface area (Å²) < 4.78 is 5.34. The highest BCUT2D eigenvalue weighted by Gasteiger charge is 2.49. The Balaban J connectivity index is 1.16. The second-order valence-corrected chi connectivity index (χ2v) is 11.4. The number of aliphatic imine (C=N–C) groups is 1. The summed E-state index contributed by atoms with van der Waals surface area (Å²) in [6, 6.07) is 21.7. The summed E-state index contributed by atoms with van der Waals surface area (Å²) in [5.74, 6) is 1.42. The fraction of sp³-hybridized carbons (Fsp3) is 0.333. The van der Waals surface area contributed by atoms with Crippen molar-refractivity contribution in [3.05, 3.63) is 94.0 Å². The number of carbonyl (C=O) groups excluding carboxylic acids is 2. The molecule has 0 saturated heterocycles. The van der Waals surface area contributed by atoms with Crippen LogP contribution in [-0.4, -0.2) is 53.6 Å². The van der Waals surface area contributed by atoms with Gasteiger partial charge in [0.2, 0.25) is 5.82 Å². The van der Waals surface area contributed by atoms with E-state index in [1.54, 1.807) is 12.1 Å². The van der Waals surface area contributed by atoms with Gasteiger partial charge < -0.3 is 9.57 Å². The second kappa shape index (κ2) is 13.3. The summed E-state index contributed by atoms with van der Waals surface area (Å²) >= 11 is 0. The highest BCUT2D eigenvalue weighted by atomic mass is 16.9. The second-order valence-electron chi connectivity index (χ2n) is 11.4. The van der Waals surface area contributed by atoms with Gasteiger partial charge in [-0.15, -0.1) is 20.3 Å². The first kappa shape index (κ1) is 30.6. The molecule has 0 unspecified atom stereocenters. The third-order valence-corrected chi connectivity index (χ3v) is 8.27. The minimum Gasteiger partial charge on any atom is -0.408 e. The van der Waals surface area contributed by atoms with Gasteiger partial charge in [-0.1, -0.05) is 91.6 Å². The SMILES string of the molecule is CCCCC1=NC2(CCCC2)C(=O)N1Cc1ccc(-c2ccccc2-c2nnn(C(=O)Oc3cccc(CO[N+](=O)[O-])c3)n2)cc1. The molecule has 1 amide bonds. The van der Waals surface area contributed by atoms with Gasteiger partial charge in [0, 0.05) is 12.0 Å². The van der Waals surface area contributed by atoms with Gasteiger partial charge in [-0.25, -0.2) is 4.79 Å². The number of amidine groups is 1. The van der Waals surface area contributed by atoms with E-state index in [-0.39, 0.29) is 24.1 Å². The molecular weight excluding hydrogens is 590 g/mol. The Morgan fingerprint density at radius 1 is 1.00 bits per heavy atom. The number of tetrazole rings is 1. The summed E-state index contributed by atoms with van der Waals surface area (Å²) in [7, 11) is 0. The van der Waals surface area contributed by atoms with E-state index in [9.17, 15) is 19.7 Å². The third kappa shape index (κ3) is 6.48. The van der Waals surface area contributed by atoms with Gasteiger partial charge in [0.05, 0.1) is 6.54 Å². The largest absolute Gasteiger partial charge is 0.459 e. The Morgan fingerprint density at radius 3 is 2.50 bits per heavy atom. The molecule has 1 aromatic heterocycles. The summed E-state index contributed by atoms with van der Waals surface area (Å²) in [5.41, 5.74) is 3.32. The smallest absolute Gasteiger partial charge is 0.408 e. The molecule has 13 heteroatoms. The van der Waals surface area contributed by atoms with Crippen molar-refractivity contribution in [1.29, 1.82) is 0 Å². The maximum atomic E-state index is 13.5. The first-order valence-electron chi connectivity index (χ1n) is 15.3. The molecule has 0 N–H and O–H groups in total. The minimum atomic E-state index is -0.898. The van der Waals surface area contributed by atoms with Crippen molar-refractivity contribution in [3.8, 4) is 28.3 Å². The van der Waals surface area contributed by atoms with E-state index in [0.717, 1.165) is 72.3 Å². The average molecular weight is 624 g/mol. The summed E-state index contributed by atoms with van der Waals surface area (Å²) in [4.78, 5) is 48.8. The molecule has 0 atom stereocenters. The van der Waals surface area contributed by atoms with Gasteiger partial charge in [-0.3, -0.25) is 14.7 Å². The van der Waals surface area contributed by atoms with Gasteiger partial charge in [-0.05, 0) is 58.9 Å². The molecule has 1 saturated carbocycles. The molecule has 13 nitrogen and oxygen atoms in total. The van der Waals surface area contributed by atoms with Crippen LogP contribution >= 0.6 is 0 Å². The van der Waals surface area contributed by atoms with Crippen LogP contribution in [0.25, 0.3) is 22.5 Å². The van der Waals surface area contributed by atoms with E-state index < -0.39 is 16.7 Å². The Morgan fingerprint density at radius 2 is 1.76 bits per heavy atom. The summed E-state index contributed by atoms with van der Waals surface area (Å²) in [5, 5.41) is 21.8. The lowest BCUT2D eigenvalue weighted by Gasteiger charge is -2.23. The zero-order chi connectivity index (χ0) is 32.1. The molecule has 3 aromatic carbocycles. The first-order chi connectivity index (χ1) is 22.3. The quantitative estimate of drug-likeness (QED) is 0.144. The molecule has 236 valence electrons. The van der Waals surface area contributed by atoms with Crippen LogP contribution in [0.2, 0.25) is 0 Å². The van der Waals surface area contributed by atoms with Crippen molar-refractivity contribution < 1.29 is 24.3 Å². The van der Waals surface area contributed by atoms with Crippen LogP contribution in [0.15, 0.2) is 77.8 Å². The Kier molecular flexibility index (Phi) is 8.81. The fourth-order valence-corrected chi connectivity index (χ4v) is 5.97. The molecule has 6 rings (SSSR count). The van der Waals surface area contributed by atoms with E-state index in [4.69, 9.17) is 9.73 Å². The first-order valence-corrected chi connectivity index (χ1v) is 15.3. The number of ether oxygens (including phenoxy) is 1. The molecule has 2 aliphatic rings. The number of benzene rings is 3. The van der Waals surface area contributed by atoms with Gasteiger partial charge in [0.25, 0.3) is 11.0 Å². The van der Waals surface area contributed by atoms with E-state index >= 15 is 0 Å². The van der Waals surface area contributed by atoms with Crippen molar-refractivity contribution in [2.24, 2.45) is 4.99 Å². The monoisotopic (exact) mass is 623 g/mol. The van der Waals surface area contributed by atoms with Gasteiger partial charge in [0.15, 0.2) is 0 Å². The number of hydrogen-bond acceptors (Lipinski definition) is 10. The lowest BCUT2D eigenvalue weighted by molar-refractivity contribution is -0.763. The molecule has 0 bridgehead atoms. The zero-order valence-electron chi connectivity index (χ0n) is 25.4. The van der Waals surface area contributed by atoms with E-state index in [1.165, 1.54) is 12.1 Å². The topological polar surface area (TPSA) is 155 Å². The predicted molar refractivity (Wildman–Crippen MR) is 167 cm³/mol. The molecular formula is C33H33N7O6. The maximum Gasteiger partial charge on any atom is 0.459 e. The molecule has 1 fully saturated rings. The maximum absolute atomic E-state index is 13.5. The van der Waals surface area contributed by atoms with Crippen molar-refractivity contribution in [1.82, 2.24) is 25.1 Å². The Bertz CT molecular complexity index is 1780. The minimum absolute atomic E-state index is 0.134. The van der Waals surface area contributed by atoms with Crippen LogP contribution < -0.4 is 4.74 Å². The molecule has 1 spiro atoms. The lowest BCUT2D eigenvalue weighted by Crippen LogP contribution is -2.40. The van der Waals surface area contributed by atoms with Crippen LogP contribution in [0, 0.1) is 10.1 Å². The number of carbonyl (C=O) groups is 2. The summed E-state index contributed by atoms with van der Waals surface area (Å²) in [6.45, 7) is 2.34. The molecule has 0 radical (unpaired) electrons.